The number of hydrogen-bond acceptors (Lipinski definition) is 5. The summed E-state index contributed by atoms with van der Waals surface area (Å²) in [5.41, 5.74) is 2.06. The van der Waals surface area contributed by atoms with E-state index in [1.165, 1.54) is 0 Å². The summed E-state index contributed by atoms with van der Waals surface area (Å²) in [4.78, 5) is 0. The summed E-state index contributed by atoms with van der Waals surface area (Å²) in [6, 6.07) is 15.8. The SMILES string of the molecule is CC1(C)OB(c2ccc(Nc3onc4ccccc34)cc2)OC1(C)C. The van der Waals surface area contributed by atoms with E-state index >= 15 is 0 Å². The van der Waals surface area contributed by atoms with Crippen molar-refractivity contribution in [1.29, 1.82) is 0 Å². The average molecular weight is 336 g/mol. The van der Waals surface area contributed by atoms with Crippen molar-refractivity contribution >= 4 is 35.1 Å². The molecule has 128 valence electrons. The molecule has 1 N–H and O–H groups in total. The van der Waals surface area contributed by atoms with Crippen molar-refractivity contribution in [3.8, 4) is 0 Å². The first kappa shape index (κ1) is 16.2. The molecule has 0 unspecified atom stereocenters. The van der Waals surface area contributed by atoms with Crippen molar-refractivity contribution in [1.82, 2.24) is 5.16 Å². The highest BCUT2D eigenvalue weighted by Gasteiger charge is 2.51. The highest BCUT2D eigenvalue weighted by Crippen LogP contribution is 2.36. The second-order valence-corrected chi connectivity index (χ2v) is 7.36. The maximum absolute atomic E-state index is 6.08. The topological polar surface area (TPSA) is 56.5 Å². The third-order valence-electron chi connectivity index (χ3n) is 5.08. The van der Waals surface area contributed by atoms with Gasteiger partial charge in [0.15, 0.2) is 0 Å². The minimum absolute atomic E-state index is 0.340. The molecule has 25 heavy (non-hydrogen) atoms. The number of nitrogens with one attached hydrogen (secondary N) is 1. The van der Waals surface area contributed by atoms with Crippen LogP contribution >= 0.6 is 0 Å². The molecule has 2 aromatic carbocycles. The van der Waals surface area contributed by atoms with Crippen LogP contribution < -0.4 is 10.8 Å². The van der Waals surface area contributed by atoms with E-state index in [9.17, 15) is 0 Å². The Morgan fingerprint density at radius 1 is 0.880 bits per heavy atom. The fraction of sp³-hybridized carbons (Fsp3) is 0.316. The highest BCUT2D eigenvalue weighted by molar-refractivity contribution is 6.62. The van der Waals surface area contributed by atoms with Crippen LogP contribution in [0.15, 0.2) is 53.1 Å². The lowest BCUT2D eigenvalue weighted by atomic mass is 9.79. The van der Waals surface area contributed by atoms with E-state index in [1.54, 1.807) is 0 Å². The van der Waals surface area contributed by atoms with Crippen LogP contribution in [0.3, 0.4) is 0 Å². The van der Waals surface area contributed by atoms with Gasteiger partial charge in [-0.2, -0.15) is 0 Å². The van der Waals surface area contributed by atoms with Gasteiger partial charge in [-0.05, 0) is 57.4 Å². The molecule has 1 saturated heterocycles. The first-order valence-electron chi connectivity index (χ1n) is 8.43. The normalized spacial score (nSPS) is 18.6. The van der Waals surface area contributed by atoms with Crippen LogP contribution in [0.25, 0.3) is 10.9 Å². The molecule has 0 atom stereocenters. The zero-order valence-electron chi connectivity index (χ0n) is 14.9. The lowest BCUT2D eigenvalue weighted by molar-refractivity contribution is 0.00578. The number of anilines is 2. The van der Waals surface area contributed by atoms with E-state index in [-0.39, 0.29) is 18.3 Å². The van der Waals surface area contributed by atoms with Gasteiger partial charge in [0.1, 0.15) is 5.52 Å². The Morgan fingerprint density at radius 2 is 1.52 bits per heavy atom. The summed E-state index contributed by atoms with van der Waals surface area (Å²) in [6.45, 7) is 8.21. The molecule has 0 radical (unpaired) electrons. The standard InChI is InChI=1S/C19H21BN2O3/c1-18(2)19(3,4)25-20(24-18)13-9-11-14(12-10-13)21-17-15-7-5-6-8-16(15)22-23-17/h5-12,21H,1-4H3. The van der Waals surface area contributed by atoms with Crippen molar-refractivity contribution in [2.75, 3.05) is 5.32 Å². The summed E-state index contributed by atoms with van der Waals surface area (Å²) >= 11 is 0. The molecule has 5 nitrogen and oxygen atoms in total. The predicted molar refractivity (Wildman–Crippen MR) is 99.4 cm³/mol. The van der Waals surface area contributed by atoms with E-state index in [0.29, 0.717) is 5.88 Å². The average Bonchev–Trinajstić information content (AvgIpc) is 3.07. The lowest BCUT2D eigenvalue weighted by Crippen LogP contribution is -2.41. The number of benzene rings is 2. The van der Waals surface area contributed by atoms with Gasteiger partial charge < -0.3 is 19.1 Å². The minimum atomic E-state index is -0.356. The monoisotopic (exact) mass is 336 g/mol. The summed E-state index contributed by atoms with van der Waals surface area (Å²) in [5, 5.41) is 8.27. The zero-order chi connectivity index (χ0) is 17.7. The van der Waals surface area contributed by atoms with Gasteiger partial charge in [-0.1, -0.05) is 29.4 Å². The van der Waals surface area contributed by atoms with Crippen molar-refractivity contribution in [3.63, 3.8) is 0 Å². The summed E-state index contributed by atoms with van der Waals surface area (Å²) in [6.07, 6.45) is 0. The fourth-order valence-corrected chi connectivity index (χ4v) is 2.81. The molecular formula is C19H21BN2O3. The van der Waals surface area contributed by atoms with E-state index in [1.807, 2.05) is 48.5 Å². The van der Waals surface area contributed by atoms with Crippen LogP contribution in [0, 0.1) is 0 Å². The summed E-state index contributed by atoms with van der Waals surface area (Å²) in [5.74, 6) is 0.638. The Labute approximate surface area is 147 Å². The van der Waals surface area contributed by atoms with E-state index in [0.717, 1.165) is 22.1 Å². The number of aromatic nitrogens is 1. The van der Waals surface area contributed by atoms with Crippen molar-refractivity contribution in [2.45, 2.75) is 38.9 Å². The van der Waals surface area contributed by atoms with Gasteiger partial charge in [0.2, 0.25) is 5.88 Å². The number of rotatable bonds is 3. The summed E-state index contributed by atoms with van der Waals surface area (Å²) < 4.78 is 17.6. The maximum Gasteiger partial charge on any atom is 0.494 e. The Morgan fingerprint density at radius 3 is 2.20 bits per heavy atom. The lowest BCUT2D eigenvalue weighted by Gasteiger charge is -2.32. The first-order chi connectivity index (χ1) is 11.9. The van der Waals surface area contributed by atoms with Crippen LogP contribution in [0.5, 0.6) is 0 Å². The molecule has 0 bridgehead atoms. The Hall–Kier alpha value is -2.31. The molecule has 0 saturated carbocycles. The van der Waals surface area contributed by atoms with Gasteiger partial charge in [0.05, 0.1) is 16.6 Å². The van der Waals surface area contributed by atoms with Gasteiger partial charge >= 0.3 is 7.12 Å². The van der Waals surface area contributed by atoms with Gasteiger partial charge in [-0.15, -0.1) is 0 Å². The molecule has 1 aromatic heterocycles. The molecule has 3 aromatic rings. The van der Waals surface area contributed by atoms with Gasteiger partial charge in [-0.3, -0.25) is 0 Å². The second kappa shape index (κ2) is 5.61. The molecule has 0 spiro atoms. The Kier molecular flexibility index (Phi) is 3.63. The Balaban J connectivity index is 1.53. The number of nitrogens with zero attached hydrogens (tertiary/aromatic N) is 1. The third-order valence-corrected chi connectivity index (χ3v) is 5.08. The second-order valence-electron chi connectivity index (χ2n) is 7.36. The molecule has 4 rings (SSSR count). The van der Waals surface area contributed by atoms with Crippen molar-refractivity contribution in [2.24, 2.45) is 0 Å². The van der Waals surface area contributed by atoms with E-state index < -0.39 is 0 Å². The molecule has 6 heteroatoms. The molecule has 0 amide bonds. The van der Waals surface area contributed by atoms with Crippen LogP contribution in [-0.4, -0.2) is 23.5 Å². The molecular weight excluding hydrogens is 315 g/mol. The highest BCUT2D eigenvalue weighted by atomic mass is 16.7. The molecule has 1 aliphatic heterocycles. The van der Waals surface area contributed by atoms with Gasteiger partial charge in [0, 0.05) is 5.69 Å². The van der Waals surface area contributed by atoms with Crippen LogP contribution in [0.2, 0.25) is 0 Å². The van der Waals surface area contributed by atoms with Crippen LogP contribution in [0.4, 0.5) is 11.6 Å². The number of fused-ring (bicyclic) bond motifs is 1. The first-order valence-corrected chi connectivity index (χ1v) is 8.43. The van der Waals surface area contributed by atoms with Crippen molar-refractivity contribution < 1.29 is 13.8 Å². The summed E-state index contributed by atoms with van der Waals surface area (Å²) in [7, 11) is -0.356. The zero-order valence-corrected chi connectivity index (χ0v) is 14.9. The third kappa shape index (κ3) is 2.81. The molecule has 1 aliphatic rings. The van der Waals surface area contributed by atoms with Crippen LogP contribution in [-0.2, 0) is 9.31 Å². The maximum atomic E-state index is 6.08. The molecule has 2 heterocycles. The van der Waals surface area contributed by atoms with Gasteiger partial charge in [0.25, 0.3) is 0 Å². The van der Waals surface area contributed by atoms with Crippen molar-refractivity contribution in [3.05, 3.63) is 48.5 Å². The quantitative estimate of drug-likeness (QED) is 0.736. The van der Waals surface area contributed by atoms with Gasteiger partial charge in [-0.25, -0.2) is 0 Å². The fourth-order valence-electron chi connectivity index (χ4n) is 2.81. The molecule has 0 aliphatic carbocycles. The smallest absolute Gasteiger partial charge is 0.399 e. The van der Waals surface area contributed by atoms with E-state index in [2.05, 4.69) is 38.2 Å². The molecule has 1 fully saturated rings. The predicted octanol–water partition coefficient (Wildman–Crippen LogP) is 3.87. The number of hydrogen-bond donors (Lipinski definition) is 1. The minimum Gasteiger partial charge on any atom is -0.399 e. The van der Waals surface area contributed by atoms with Crippen LogP contribution in [0.1, 0.15) is 27.7 Å². The Bertz CT molecular complexity index is 886. The largest absolute Gasteiger partial charge is 0.494 e. The van der Waals surface area contributed by atoms with E-state index in [4.69, 9.17) is 13.8 Å².